The van der Waals surface area contributed by atoms with Crippen molar-refractivity contribution in [3.05, 3.63) is 23.8 Å². The van der Waals surface area contributed by atoms with Crippen molar-refractivity contribution in [2.24, 2.45) is 5.73 Å². The molecule has 13 heavy (non-hydrogen) atoms. The maximum Gasteiger partial charge on any atom is 0.160 e. The molecule has 4 N–H and O–H groups in total. The molecule has 0 aliphatic heterocycles. The number of hydrogen-bond acceptors (Lipinski definition) is 4. The summed E-state index contributed by atoms with van der Waals surface area (Å²) in [5.41, 5.74) is 5.92. The Balaban J connectivity index is 2.99. The first kappa shape index (κ1) is 9.83. The maximum atomic E-state index is 9.38. The molecule has 0 heterocycles. The number of aromatic hydroxyl groups is 1. The molecular formula is C9H13NO3. The van der Waals surface area contributed by atoms with Crippen molar-refractivity contribution in [1.82, 2.24) is 0 Å². The molecule has 0 aromatic heterocycles. The van der Waals surface area contributed by atoms with Gasteiger partial charge in [-0.05, 0) is 17.7 Å². The fourth-order valence-electron chi connectivity index (χ4n) is 1.04. The first-order chi connectivity index (χ1) is 6.19. The molecule has 0 aliphatic carbocycles. The van der Waals surface area contributed by atoms with Gasteiger partial charge in [0.15, 0.2) is 11.5 Å². The average Bonchev–Trinajstić information content (AvgIpc) is 2.17. The Morgan fingerprint density at radius 2 is 2.23 bits per heavy atom. The summed E-state index contributed by atoms with van der Waals surface area (Å²) in [5, 5.41) is 18.6. The van der Waals surface area contributed by atoms with Crippen molar-refractivity contribution in [3.63, 3.8) is 0 Å². The Hall–Kier alpha value is -1.26. The van der Waals surface area contributed by atoms with E-state index in [1.54, 1.807) is 12.1 Å². The van der Waals surface area contributed by atoms with Gasteiger partial charge in [-0.25, -0.2) is 0 Å². The fourth-order valence-corrected chi connectivity index (χ4v) is 1.04. The predicted octanol–water partition coefficient (Wildman–Crippen LogP) is 0.393. The number of aliphatic hydroxyl groups is 1. The van der Waals surface area contributed by atoms with E-state index in [2.05, 4.69) is 0 Å². The molecule has 0 spiro atoms. The first-order valence-corrected chi connectivity index (χ1v) is 3.94. The molecule has 0 radical (unpaired) electrons. The lowest BCUT2D eigenvalue weighted by Crippen LogP contribution is -2.11. The van der Waals surface area contributed by atoms with Crippen LogP contribution in [-0.2, 0) is 0 Å². The van der Waals surface area contributed by atoms with Crippen molar-refractivity contribution in [2.45, 2.75) is 6.10 Å². The van der Waals surface area contributed by atoms with Crippen LogP contribution in [0, 0.1) is 0 Å². The van der Waals surface area contributed by atoms with Crippen LogP contribution in [0.15, 0.2) is 18.2 Å². The fraction of sp³-hybridized carbons (Fsp3) is 0.333. The van der Waals surface area contributed by atoms with E-state index >= 15 is 0 Å². The van der Waals surface area contributed by atoms with Gasteiger partial charge in [0, 0.05) is 6.54 Å². The Labute approximate surface area is 76.6 Å². The molecule has 0 bridgehead atoms. The highest BCUT2D eigenvalue weighted by molar-refractivity contribution is 5.42. The molecule has 0 fully saturated rings. The number of rotatable bonds is 3. The molecule has 1 aromatic rings. The number of hydrogen-bond donors (Lipinski definition) is 3. The number of phenolic OH excluding ortho intramolecular Hbond substituents is 1. The van der Waals surface area contributed by atoms with E-state index in [-0.39, 0.29) is 12.3 Å². The van der Waals surface area contributed by atoms with Gasteiger partial charge >= 0.3 is 0 Å². The maximum absolute atomic E-state index is 9.38. The monoisotopic (exact) mass is 183 g/mol. The molecular weight excluding hydrogens is 170 g/mol. The third-order valence-electron chi connectivity index (χ3n) is 1.81. The lowest BCUT2D eigenvalue weighted by Gasteiger charge is -2.10. The molecule has 1 aromatic carbocycles. The van der Waals surface area contributed by atoms with E-state index in [4.69, 9.17) is 10.5 Å². The number of aliphatic hydroxyl groups excluding tert-OH is 1. The smallest absolute Gasteiger partial charge is 0.160 e. The van der Waals surface area contributed by atoms with Crippen molar-refractivity contribution in [3.8, 4) is 11.5 Å². The molecule has 1 rings (SSSR count). The van der Waals surface area contributed by atoms with Gasteiger partial charge in [-0.1, -0.05) is 6.07 Å². The molecule has 72 valence electrons. The summed E-state index contributed by atoms with van der Waals surface area (Å²) in [6.07, 6.45) is -0.713. The van der Waals surface area contributed by atoms with Gasteiger partial charge in [0.2, 0.25) is 0 Å². The minimum absolute atomic E-state index is 0.0514. The highest BCUT2D eigenvalue weighted by Crippen LogP contribution is 2.28. The first-order valence-electron chi connectivity index (χ1n) is 3.94. The Bertz CT molecular complexity index is 288. The molecule has 0 aliphatic rings. The molecule has 0 unspecified atom stereocenters. The number of benzene rings is 1. The zero-order valence-corrected chi connectivity index (χ0v) is 7.40. The van der Waals surface area contributed by atoms with E-state index in [1.807, 2.05) is 0 Å². The minimum Gasteiger partial charge on any atom is -0.504 e. The Morgan fingerprint density at radius 3 is 2.77 bits per heavy atom. The summed E-state index contributed by atoms with van der Waals surface area (Å²) in [5.74, 6) is 0.389. The largest absolute Gasteiger partial charge is 0.504 e. The SMILES string of the molecule is COc1cc([C@@H](O)CN)ccc1O. The third-order valence-corrected chi connectivity index (χ3v) is 1.81. The van der Waals surface area contributed by atoms with Gasteiger partial charge < -0.3 is 20.7 Å². The van der Waals surface area contributed by atoms with E-state index in [0.29, 0.717) is 11.3 Å². The molecule has 0 amide bonds. The van der Waals surface area contributed by atoms with Gasteiger partial charge in [0.25, 0.3) is 0 Å². The van der Waals surface area contributed by atoms with E-state index in [9.17, 15) is 10.2 Å². The Kier molecular flexibility index (Phi) is 3.11. The van der Waals surface area contributed by atoms with Crippen molar-refractivity contribution >= 4 is 0 Å². The predicted molar refractivity (Wildman–Crippen MR) is 48.7 cm³/mol. The highest BCUT2D eigenvalue weighted by atomic mass is 16.5. The van der Waals surface area contributed by atoms with Gasteiger partial charge in [-0.15, -0.1) is 0 Å². The number of methoxy groups -OCH3 is 1. The second kappa shape index (κ2) is 4.11. The molecule has 4 heteroatoms. The second-order valence-corrected chi connectivity index (χ2v) is 2.68. The standard InChI is InChI=1S/C9H13NO3/c1-13-9-4-6(8(12)5-10)2-3-7(9)11/h2-4,8,11-12H,5,10H2,1H3/t8-/m0/s1. The number of nitrogens with two attached hydrogens (primary N) is 1. The van der Waals surface area contributed by atoms with Crippen molar-refractivity contribution < 1.29 is 14.9 Å². The zero-order chi connectivity index (χ0) is 9.84. The summed E-state index contributed by atoms with van der Waals surface area (Å²) in [6, 6.07) is 4.63. The van der Waals surface area contributed by atoms with E-state index in [1.165, 1.54) is 13.2 Å². The number of ether oxygens (including phenoxy) is 1. The minimum atomic E-state index is -0.713. The second-order valence-electron chi connectivity index (χ2n) is 2.68. The Morgan fingerprint density at radius 1 is 1.54 bits per heavy atom. The summed E-state index contributed by atoms with van der Waals surface area (Å²) in [6.45, 7) is 0.147. The summed E-state index contributed by atoms with van der Waals surface area (Å²) >= 11 is 0. The average molecular weight is 183 g/mol. The van der Waals surface area contributed by atoms with Crippen molar-refractivity contribution in [2.75, 3.05) is 13.7 Å². The number of phenols is 1. The van der Waals surface area contributed by atoms with Crippen LogP contribution < -0.4 is 10.5 Å². The summed E-state index contributed by atoms with van der Waals surface area (Å²) < 4.78 is 4.88. The van der Waals surface area contributed by atoms with Crippen LogP contribution in [0.3, 0.4) is 0 Å². The van der Waals surface area contributed by atoms with Gasteiger partial charge in [-0.2, -0.15) is 0 Å². The van der Waals surface area contributed by atoms with Crippen LogP contribution in [0.4, 0.5) is 0 Å². The van der Waals surface area contributed by atoms with E-state index < -0.39 is 6.10 Å². The zero-order valence-electron chi connectivity index (χ0n) is 7.40. The van der Waals surface area contributed by atoms with Crippen molar-refractivity contribution in [1.29, 1.82) is 0 Å². The molecule has 0 saturated carbocycles. The van der Waals surface area contributed by atoms with Gasteiger partial charge in [0.05, 0.1) is 13.2 Å². The lowest BCUT2D eigenvalue weighted by molar-refractivity contribution is 0.186. The normalized spacial score (nSPS) is 12.5. The van der Waals surface area contributed by atoms with Gasteiger partial charge in [-0.3, -0.25) is 0 Å². The molecule has 4 nitrogen and oxygen atoms in total. The highest BCUT2D eigenvalue weighted by Gasteiger charge is 2.08. The molecule has 0 saturated heterocycles. The quantitative estimate of drug-likeness (QED) is 0.633. The van der Waals surface area contributed by atoms with Crippen LogP contribution in [0.2, 0.25) is 0 Å². The van der Waals surface area contributed by atoms with Crippen LogP contribution in [0.1, 0.15) is 11.7 Å². The topological polar surface area (TPSA) is 75.7 Å². The summed E-state index contributed by atoms with van der Waals surface area (Å²) in [4.78, 5) is 0. The summed E-state index contributed by atoms with van der Waals surface area (Å²) in [7, 11) is 1.45. The van der Waals surface area contributed by atoms with Crippen LogP contribution >= 0.6 is 0 Å². The molecule has 1 atom stereocenters. The van der Waals surface area contributed by atoms with Crippen LogP contribution in [0.5, 0.6) is 11.5 Å². The lowest BCUT2D eigenvalue weighted by atomic mass is 10.1. The third kappa shape index (κ3) is 2.11. The van der Waals surface area contributed by atoms with E-state index in [0.717, 1.165) is 0 Å². The van der Waals surface area contributed by atoms with Crippen LogP contribution in [-0.4, -0.2) is 23.9 Å². The van der Waals surface area contributed by atoms with Gasteiger partial charge in [0.1, 0.15) is 0 Å². The van der Waals surface area contributed by atoms with Crippen LogP contribution in [0.25, 0.3) is 0 Å².